The van der Waals surface area contributed by atoms with Crippen LogP contribution in [0, 0.1) is 23.0 Å². The van der Waals surface area contributed by atoms with E-state index >= 15 is 0 Å². The predicted molar refractivity (Wildman–Crippen MR) is 67.1 cm³/mol. The van der Waals surface area contributed by atoms with E-state index in [1.54, 1.807) is 0 Å². The number of nitriles is 1. The van der Waals surface area contributed by atoms with Crippen LogP contribution in [-0.2, 0) is 11.2 Å². The zero-order chi connectivity index (χ0) is 14.4. The highest BCUT2D eigenvalue weighted by molar-refractivity contribution is 5.79. The van der Waals surface area contributed by atoms with E-state index in [1.165, 1.54) is 11.0 Å². The second-order valence-electron chi connectivity index (χ2n) is 4.50. The minimum absolute atomic E-state index is 0.0654. The second kappa shape index (κ2) is 6.83. The van der Waals surface area contributed by atoms with Gasteiger partial charge in [0.1, 0.15) is 11.6 Å². The molecular weight excluding hydrogens is 250 g/mol. The first kappa shape index (κ1) is 15.1. The summed E-state index contributed by atoms with van der Waals surface area (Å²) in [6.07, 6.45) is 0.103. The Morgan fingerprint density at radius 2 is 2.11 bits per heavy atom. The van der Waals surface area contributed by atoms with Gasteiger partial charge in [0.25, 0.3) is 0 Å². The van der Waals surface area contributed by atoms with Crippen LogP contribution in [0.15, 0.2) is 18.2 Å². The van der Waals surface area contributed by atoms with Crippen LogP contribution in [-0.4, -0.2) is 23.4 Å². The molecule has 0 bridgehead atoms. The molecule has 0 aliphatic carbocycles. The number of nitrogens with zero attached hydrogens (tertiary/aromatic N) is 2. The molecule has 0 radical (unpaired) electrons. The fourth-order valence-corrected chi connectivity index (χ4v) is 1.77. The van der Waals surface area contributed by atoms with Gasteiger partial charge in [0.2, 0.25) is 5.91 Å². The van der Waals surface area contributed by atoms with Gasteiger partial charge < -0.3 is 4.90 Å². The maximum absolute atomic E-state index is 13.5. The Hall–Kier alpha value is -1.96. The minimum atomic E-state index is -0.725. The summed E-state index contributed by atoms with van der Waals surface area (Å²) >= 11 is 0. The zero-order valence-corrected chi connectivity index (χ0v) is 11.0. The smallest absolute Gasteiger partial charge is 0.227 e. The van der Waals surface area contributed by atoms with Crippen LogP contribution in [0.25, 0.3) is 0 Å². The molecule has 1 aromatic carbocycles. The van der Waals surface area contributed by atoms with Crippen molar-refractivity contribution >= 4 is 5.91 Å². The molecule has 3 nitrogen and oxygen atoms in total. The van der Waals surface area contributed by atoms with Crippen molar-refractivity contribution in [1.29, 1.82) is 5.26 Å². The Balaban J connectivity index is 2.78. The van der Waals surface area contributed by atoms with E-state index in [4.69, 9.17) is 5.26 Å². The molecule has 19 heavy (non-hydrogen) atoms. The first-order valence-electron chi connectivity index (χ1n) is 6.06. The highest BCUT2D eigenvalue weighted by Gasteiger charge is 2.18. The van der Waals surface area contributed by atoms with Crippen molar-refractivity contribution in [2.24, 2.45) is 0 Å². The van der Waals surface area contributed by atoms with Crippen molar-refractivity contribution in [3.8, 4) is 6.07 Å². The van der Waals surface area contributed by atoms with Crippen molar-refractivity contribution in [1.82, 2.24) is 4.90 Å². The summed E-state index contributed by atoms with van der Waals surface area (Å²) < 4.78 is 26.2. The molecule has 0 aromatic heterocycles. The van der Waals surface area contributed by atoms with Crippen molar-refractivity contribution in [2.75, 3.05) is 6.54 Å². The summed E-state index contributed by atoms with van der Waals surface area (Å²) in [4.78, 5) is 13.6. The Bertz CT molecular complexity index is 495. The highest BCUT2D eigenvalue weighted by atomic mass is 19.1. The fourth-order valence-electron chi connectivity index (χ4n) is 1.77. The fraction of sp³-hybridized carbons (Fsp3) is 0.429. The Labute approximate surface area is 111 Å². The summed E-state index contributed by atoms with van der Waals surface area (Å²) in [5, 5.41) is 8.55. The second-order valence-corrected chi connectivity index (χ2v) is 4.50. The summed E-state index contributed by atoms with van der Waals surface area (Å²) in [5.74, 6) is -1.66. The third-order valence-corrected chi connectivity index (χ3v) is 2.76. The number of hydrogen-bond donors (Lipinski definition) is 0. The average Bonchev–Trinajstić information content (AvgIpc) is 2.33. The topological polar surface area (TPSA) is 44.1 Å². The lowest BCUT2D eigenvalue weighted by Crippen LogP contribution is -2.38. The Kier molecular flexibility index (Phi) is 5.43. The Morgan fingerprint density at radius 1 is 1.42 bits per heavy atom. The van der Waals surface area contributed by atoms with Gasteiger partial charge in [-0.05, 0) is 25.5 Å². The monoisotopic (exact) mass is 266 g/mol. The molecule has 0 saturated heterocycles. The third-order valence-electron chi connectivity index (χ3n) is 2.76. The van der Waals surface area contributed by atoms with Gasteiger partial charge in [-0.25, -0.2) is 8.78 Å². The van der Waals surface area contributed by atoms with Gasteiger partial charge in [0, 0.05) is 18.7 Å². The van der Waals surface area contributed by atoms with Gasteiger partial charge in [-0.15, -0.1) is 0 Å². The largest absolute Gasteiger partial charge is 0.339 e. The van der Waals surface area contributed by atoms with Crippen LogP contribution in [0.4, 0.5) is 8.78 Å². The summed E-state index contributed by atoms with van der Waals surface area (Å²) in [6, 6.07) is 5.06. The van der Waals surface area contributed by atoms with Crippen LogP contribution < -0.4 is 0 Å². The number of amides is 1. The van der Waals surface area contributed by atoms with Gasteiger partial charge >= 0.3 is 0 Å². The molecule has 1 rings (SSSR count). The lowest BCUT2D eigenvalue weighted by atomic mass is 10.1. The molecular formula is C14H16F2N2O. The standard InChI is InChI=1S/C14H16F2N2O/c1-10(2)18(7-3-6-17)14(19)8-11-4-5-12(15)9-13(11)16/h4-5,9-10H,3,7-8H2,1-2H3. The van der Waals surface area contributed by atoms with Crippen LogP contribution in [0.3, 0.4) is 0 Å². The lowest BCUT2D eigenvalue weighted by molar-refractivity contribution is -0.132. The number of carbonyl (C=O) groups excluding carboxylic acids is 1. The average molecular weight is 266 g/mol. The summed E-state index contributed by atoms with van der Waals surface area (Å²) in [5.41, 5.74) is 0.161. The van der Waals surface area contributed by atoms with E-state index in [0.29, 0.717) is 6.54 Å². The van der Waals surface area contributed by atoms with E-state index in [-0.39, 0.29) is 30.4 Å². The van der Waals surface area contributed by atoms with Crippen LogP contribution in [0.5, 0.6) is 0 Å². The summed E-state index contributed by atoms with van der Waals surface area (Å²) in [6.45, 7) is 3.97. The van der Waals surface area contributed by atoms with E-state index < -0.39 is 11.6 Å². The quantitative estimate of drug-likeness (QED) is 0.822. The van der Waals surface area contributed by atoms with Crippen molar-refractivity contribution in [3.63, 3.8) is 0 Å². The molecule has 0 spiro atoms. The maximum atomic E-state index is 13.5. The number of halogens is 2. The van der Waals surface area contributed by atoms with E-state index in [2.05, 4.69) is 0 Å². The predicted octanol–water partition coefficient (Wildman–Crippen LogP) is 2.66. The van der Waals surface area contributed by atoms with Gasteiger partial charge in [0.15, 0.2) is 0 Å². The van der Waals surface area contributed by atoms with Gasteiger partial charge in [-0.1, -0.05) is 6.07 Å². The highest BCUT2D eigenvalue weighted by Crippen LogP contribution is 2.12. The van der Waals surface area contributed by atoms with Crippen LogP contribution in [0.2, 0.25) is 0 Å². The molecule has 0 N–H and O–H groups in total. The SMILES string of the molecule is CC(C)N(CCC#N)C(=O)Cc1ccc(F)cc1F. The first-order chi connectivity index (χ1) is 8.95. The molecule has 1 aromatic rings. The van der Waals surface area contributed by atoms with E-state index in [1.807, 2.05) is 19.9 Å². The molecule has 1 amide bonds. The Morgan fingerprint density at radius 3 is 2.63 bits per heavy atom. The van der Waals surface area contributed by atoms with Gasteiger partial charge in [-0.2, -0.15) is 5.26 Å². The molecule has 0 atom stereocenters. The van der Waals surface area contributed by atoms with Crippen molar-refractivity contribution in [2.45, 2.75) is 32.7 Å². The zero-order valence-electron chi connectivity index (χ0n) is 11.0. The van der Waals surface area contributed by atoms with Gasteiger partial charge in [0.05, 0.1) is 18.9 Å². The van der Waals surface area contributed by atoms with Crippen molar-refractivity contribution < 1.29 is 13.6 Å². The molecule has 0 unspecified atom stereocenters. The molecule has 0 heterocycles. The van der Waals surface area contributed by atoms with E-state index in [9.17, 15) is 13.6 Å². The normalized spacial score (nSPS) is 10.3. The molecule has 0 aliphatic heterocycles. The molecule has 5 heteroatoms. The molecule has 0 fully saturated rings. The minimum Gasteiger partial charge on any atom is -0.339 e. The van der Waals surface area contributed by atoms with E-state index in [0.717, 1.165) is 12.1 Å². The number of benzene rings is 1. The van der Waals surface area contributed by atoms with Crippen LogP contribution in [0.1, 0.15) is 25.8 Å². The number of rotatable bonds is 5. The molecule has 0 aliphatic rings. The first-order valence-corrected chi connectivity index (χ1v) is 6.06. The number of carbonyl (C=O) groups is 1. The molecule has 102 valence electrons. The number of hydrogen-bond acceptors (Lipinski definition) is 2. The maximum Gasteiger partial charge on any atom is 0.227 e. The van der Waals surface area contributed by atoms with Crippen molar-refractivity contribution in [3.05, 3.63) is 35.4 Å². The summed E-state index contributed by atoms with van der Waals surface area (Å²) in [7, 11) is 0. The lowest BCUT2D eigenvalue weighted by Gasteiger charge is -2.26. The molecule has 0 saturated carbocycles. The van der Waals surface area contributed by atoms with Crippen LogP contribution >= 0.6 is 0 Å². The third kappa shape index (κ3) is 4.32. The van der Waals surface area contributed by atoms with Gasteiger partial charge in [-0.3, -0.25) is 4.79 Å².